The van der Waals surface area contributed by atoms with Gasteiger partial charge in [0.25, 0.3) is 15.7 Å². The Morgan fingerprint density at radius 3 is 1.92 bits per heavy atom. The van der Waals surface area contributed by atoms with Crippen LogP contribution < -0.4 is 9.44 Å². The van der Waals surface area contributed by atoms with Crippen molar-refractivity contribution in [3.05, 3.63) is 71.3 Å². The summed E-state index contributed by atoms with van der Waals surface area (Å²) in [5.74, 6) is 0. The van der Waals surface area contributed by atoms with E-state index in [2.05, 4.69) is 16.0 Å². The van der Waals surface area contributed by atoms with Crippen molar-refractivity contribution in [2.24, 2.45) is 0 Å². The number of nitrogens with zero attached hydrogens (tertiary/aromatic N) is 1. The third-order valence-electron chi connectivity index (χ3n) is 3.19. The molecule has 0 unspecified atom stereocenters. The highest BCUT2D eigenvalue weighted by molar-refractivity contribution is 7.92. The smallest absolute Gasteiger partial charge is 0.269 e. The van der Waals surface area contributed by atoms with Crippen molar-refractivity contribution < 1.29 is 21.8 Å². The second-order valence-electron chi connectivity index (χ2n) is 5.02. The Labute approximate surface area is 150 Å². The van der Waals surface area contributed by atoms with E-state index >= 15 is 0 Å². The summed E-state index contributed by atoms with van der Waals surface area (Å²) in [5.41, 5.74) is -0.0865. The topological polar surface area (TPSA) is 135 Å². The van der Waals surface area contributed by atoms with E-state index in [-0.39, 0.29) is 27.7 Å². The van der Waals surface area contributed by atoms with Gasteiger partial charge >= 0.3 is 0 Å². The van der Waals surface area contributed by atoms with E-state index in [0.717, 1.165) is 24.3 Å². The van der Waals surface area contributed by atoms with Gasteiger partial charge < -0.3 is 0 Å². The minimum Gasteiger partial charge on any atom is -0.280 e. The molecule has 0 aliphatic rings. The first-order valence-corrected chi connectivity index (χ1v) is 10.1. The molecule has 2 aromatic rings. The van der Waals surface area contributed by atoms with E-state index in [9.17, 15) is 26.9 Å². The molecule has 138 valence electrons. The zero-order valence-electron chi connectivity index (χ0n) is 13.3. The van der Waals surface area contributed by atoms with E-state index in [4.69, 9.17) is 0 Å². The predicted octanol–water partition coefficient (Wildman–Crippen LogP) is 1.86. The fourth-order valence-corrected chi connectivity index (χ4v) is 3.97. The lowest BCUT2D eigenvalue weighted by Gasteiger charge is -2.09. The highest BCUT2D eigenvalue weighted by Gasteiger charge is 2.17. The number of sulfonamides is 2. The Morgan fingerprint density at radius 1 is 0.923 bits per heavy atom. The van der Waals surface area contributed by atoms with E-state index in [1.54, 1.807) is 0 Å². The van der Waals surface area contributed by atoms with Gasteiger partial charge in [-0.25, -0.2) is 21.6 Å². The van der Waals surface area contributed by atoms with E-state index in [0.29, 0.717) is 0 Å². The molecule has 0 aromatic heterocycles. The van der Waals surface area contributed by atoms with Crippen LogP contribution in [-0.2, 0) is 20.0 Å². The van der Waals surface area contributed by atoms with Crippen molar-refractivity contribution in [2.45, 2.75) is 9.79 Å². The second kappa shape index (κ2) is 7.64. The van der Waals surface area contributed by atoms with Gasteiger partial charge in [0.2, 0.25) is 10.0 Å². The first-order chi connectivity index (χ1) is 12.2. The first kappa shape index (κ1) is 19.6. The number of nitro groups is 1. The molecule has 0 saturated heterocycles. The summed E-state index contributed by atoms with van der Waals surface area (Å²) in [6, 6.07) is 9.47. The van der Waals surface area contributed by atoms with Crippen molar-refractivity contribution in [1.29, 1.82) is 0 Å². The highest BCUT2D eigenvalue weighted by Crippen LogP contribution is 2.20. The Balaban J connectivity index is 2.19. The quantitative estimate of drug-likeness (QED) is 0.396. The van der Waals surface area contributed by atoms with Gasteiger partial charge in [-0.1, -0.05) is 6.08 Å². The van der Waals surface area contributed by atoms with Crippen molar-refractivity contribution >= 4 is 31.4 Å². The lowest BCUT2D eigenvalue weighted by molar-refractivity contribution is -0.384. The maximum Gasteiger partial charge on any atom is 0.269 e. The summed E-state index contributed by atoms with van der Waals surface area (Å²) in [4.78, 5) is 9.79. The van der Waals surface area contributed by atoms with Crippen LogP contribution in [-0.4, -0.2) is 28.3 Å². The van der Waals surface area contributed by atoms with Crippen molar-refractivity contribution in [3.63, 3.8) is 0 Å². The van der Waals surface area contributed by atoms with Gasteiger partial charge in [-0.05, 0) is 36.4 Å². The maximum atomic E-state index is 12.3. The van der Waals surface area contributed by atoms with Gasteiger partial charge in [0.05, 0.1) is 14.7 Å². The Morgan fingerprint density at radius 2 is 1.42 bits per heavy atom. The minimum atomic E-state index is -3.97. The number of hydrogen-bond acceptors (Lipinski definition) is 6. The third kappa shape index (κ3) is 4.65. The average molecular weight is 397 g/mol. The van der Waals surface area contributed by atoms with Crippen LogP contribution in [0.1, 0.15) is 0 Å². The third-order valence-corrected chi connectivity index (χ3v) is 6.03. The molecule has 9 nitrogen and oxygen atoms in total. The standard InChI is InChI=1S/C15H15N3O6S2/c1-2-11-16-25(21,22)14-7-3-12(4-8-14)17-26(23,24)15-9-5-13(6-10-15)18(19)20/h2-10,16-17H,1,11H2. The molecule has 0 fully saturated rings. The van der Waals surface area contributed by atoms with Gasteiger partial charge in [0, 0.05) is 24.4 Å². The minimum absolute atomic E-state index is 0.0300. The molecule has 2 N–H and O–H groups in total. The largest absolute Gasteiger partial charge is 0.280 e. The molecule has 11 heteroatoms. The van der Waals surface area contributed by atoms with Crippen LogP contribution >= 0.6 is 0 Å². The van der Waals surface area contributed by atoms with Crippen molar-refractivity contribution in [1.82, 2.24) is 4.72 Å². The summed E-state index contributed by atoms with van der Waals surface area (Å²) in [5, 5.41) is 10.6. The summed E-state index contributed by atoms with van der Waals surface area (Å²) >= 11 is 0. The average Bonchev–Trinajstić information content (AvgIpc) is 2.60. The Hall–Kier alpha value is -2.76. The predicted molar refractivity (Wildman–Crippen MR) is 95.7 cm³/mol. The van der Waals surface area contributed by atoms with Gasteiger partial charge in [0.15, 0.2) is 0 Å². The van der Waals surface area contributed by atoms with E-state index in [1.165, 1.54) is 30.3 Å². The van der Waals surface area contributed by atoms with Gasteiger partial charge in [-0.2, -0.15) is 0 Å². The fraction of sp³-hybridized carbons (Fsp3) is 0.0667. The van der Waals surface area contributed by atoms with E-state index in [1.807, 2.05) is 0 Å². The van der Waals surface area contributed by atoms with Crippen LogP contribution in [0.25, 0.3) is 0 Å². The Bertz CT molecular complexity index is 1010. The van der Waals surface area contributed by atoms with Crippen molar-refractivity contribution in [3.8, 4) is 0 Å². The summed E-state index contributed by atoms with van der Waals surface area (Å²) in [7, 11) is -7.68. The summed E-state index contributed by atoms with van der Waals surface area (Å²) < 4.78 is 53.0. The molecular formula is C15H15N3O6S2. The number of nitrogens with one attached hydrogen (secondary N) is 2. The van der Waals surface area contributed by atoms with Crippen molar-refractivity contribution in [2.75, 3.05) is 11.3 Å². The molecule has 0 bridgehead atoms. The molecular weight excluding hydrogens is 382 g/mol. The molecule has 0 radical (unpaired) electrons. The molecule has 0 saturated carbocycles. The van der Waals surface area contributed by atoms with Crippen LogP contribution in [0.3, 0.4) is 0 Å². The lowest BCUT2D eigenvalue weighted by atomic mass is 10.3. The highest BCUT2D eigenvalue weighted by atomic mass is 32.2. The van der Waals surface area contributed by atoms with Crippen LogP contribution in [0.4, 0.5) is 11.4 Å². The van der Waals surface area contributed by atoms with Gasteiger partial charge in [-0.3, -0.25) is 14.8 Å². The molecule has 0 spiro atoms. The van der Waals surface area contributed by atoms with Gasteiger partial charge in [-0.15, -0.1) is 6.58 Å². The Kier molecular flexibility index (Phi) is 5.75. The molecule has 0 amide bonds. The van der Waals surface area contributed by atoms with Crippen LogP contribution in [0.5, 0.6) is 0 Å². The molecule has 26 heavy (non-hydrogen) atoms. The number of benzene rings is 2. The first-order valence-electron chi connectivity index (χ1n) is 7.13. The molecule has 0 heterocycles. The molecule has 2 aromatic carbocycles. The number of rotatable bonds is 8. The fourth-order valence-electron chi connectivity index (χ4n) is 1.92. The zero-order chi connectivity index (χ0) is 19.4. The number of hydrogen-bond donors (Lipinski definition) is 2. The number of non-ortho nitro benzene ring substituents is 1. The van der Waals surface area contributed by atoms with Crippen LogP contribution in [0.2, 0.25) is 0 Å². The molecule has 2 rings (SSSR count). The second-order valence-corrected chi connectivity index (χ2v) is 8.47. The van der Waals surface area contributed by atoms with Gasteiger partial charge in [0.1, 0.15) is 0 Å². The monoisotopic (exact) mass is 397 g/mol. The number of nitro benzene ring substituents is 1. The zero-order valence-corrected chi connectivity index (χ0v) is 15.0. The van der Waals surface area contributed by atoms with Crippen LogP contribution in [0, 0.1) is 10.1 Å². The molecule has 0 atom stereocenters. The summed E-state index contributed by atoms with van der Waals surface area (Å²) in [6.07, 6.45) is 1.39. The van der Waals surface area contributed by atoms with Crippen LogP contribution in [0.15, 0.2) is 71.0 Å². The van der Waals surface area contributed by atoms with E-state index < -0.39 is 25.0 Å². The maximum absolute atomic E-state index is 12.3. The SMILES string of the molecule is C=CCNS(=O)(=O)c1ccc(NS(=O)(=O)c2ccc([N+](=O)[O-])cc2)cc1. The lowest BCUT2D eigenvalue weighted by Crippen LogP contribution is -2.23. The molecule has 0 aliphatic carbocycles. The number of anilines is 1. The molecule has 0 aliphatic heterocycles. The summed E-state index contributed by atoms with van der Waals surface area (Å²) in [6.45, 7) is 3.48. The normalized spacial score (nSPS) is 11.7.